The van der Waals surface area contributed by atoms with Crippen molar-refractivity contribution in [3.05, 3.63) is 53.1 Å². The van der Waals surface area contributed by atoms with Crippen LogP contribution in [0.15, 0.2) is 42.5 Å². The van der Waals surface area contributed by atoms with Crippen molar-refractivity contribution in [2.75, 3.05) is 37.9 Å². The molecule has 2 rings (SSSR count). The summed E-state index contributed by atoms with van der Waals surface area (Å²) in [5, 5.41) is 3.27. The van der Waals surface area contributed by atoms with Gasteiger partial charge in [0.2, 0.25) is 21.8 Å². The van der Waals surface area contributed by atoms with E-state index < -0.39 is 28.5 Å². The summed E-state index contributed by atoms with van der Waals surface area (Å²) in [5.74, 6) is -0.280. The number of nitrogens with one attached hydrogen (secondary N) is 1. The molecule has 36 heavy (non-hydrogen) atoms. The summed E-state index contributed by atoms with van der Waals surface area (Å²) < 4.78 is 37.1. The standard InChI is InChI=1S/C25H34ClN3O6S/c1-6-7-14-27-25(31)18(2)28(16-19-10-8-9-11-21(19)26)24(30)17-29(36(5,32)33)22-15-20(34-3)12-13-23(22)35-4/h8-13,15,18H,6-7,14,16-17H2,1-5H3,(H,27,31)/t18-/m0/s1. The van der Waals surface area contributed by atoms with E-state index >= 15 is 0 Å². The lowest BCUT2D eigenvalue weighted by molar-refractivity contribution is -0.139. The predicted molar refractivity (Wildman–Crippen MR) is 141 cm³/mol. The molecule has 0 bridgehead atoms. The zero-order valence-corrected chi connectivity index (χ0v) is 22.9. The van der Waals surface area contributed by atoms with E-state index in [1.165, 1.54) is 25.2 Å². The molecule has 9 nitrogen and oxygen atoms in total. The van der Waals surface area contributed by atoms with Gasteiger partial charge in [-0.05, 0) is 37.1 Å². The van der Waals surface area contributed by atoms with Crippen LogP contribution < -0.4 is 19.1 Å². The van der Waals surface area contributed by atoms with E-state index in [1.807, 2.05) is 6.92 Å². The number of rotatable bonds is 13. The molecule has 0 fully saturated rings. The number of methoxy groups -OCH3 is 2. The molecule has 0 radical (unpaired) electrons. The van der Waals surface area contributed by atoms with E-state index in [0.717, 1.165) is 23.4 Å². The van der Waals surface area contributed by atoms with Gasteiger partial charge >= 0.3 is 0 Å². The quantitative estimate of drug-likeness (QED) is 0.391. The first-order chi connectivity index (χ1) is 17.0. The van der Waals surface area contributed by atoms with E-state index in [4.69, 9.17) is 21.1 Å². The van der Waals surface area contributed by atoms with Crippen molar-refractivity contribution >= 4 is 39.1 Å². The van der Waals surface area contributed by atoms with Crippen LogP contribution in [0.1, 0.15) is 32.3 Å². The first kappa shape index (κ1) is 29.3. The molecule has 0 aliphatic rings. The molecule has 198 valence electrons. The molecular weight excluding hydrogens is 506 g/mol. The molecule has 2 aromatic carbocycles. The van der Waals surface area contributed by atoms with Crippen molar-refractivity contribution in [3.8, 4) is 11.5 Å². The summed E-state index contributed by atoms with van der Waals surface area (Å²) in [6, 6.07) is 10.8. The fourth-order valence-corrected chi connectivity index (χ4v) is 4.56. The van der Waals surface area contributed by atoms with Crippen molar-refractivity contribution in [1.29, 1.82) is 0 Å². The van der Waals surface area contributed by atoms with Crippen molar-refractivity contribution in [3.63, 3.8) is 0 Å². The minimum absolute atomic E-state index is 0.0215. The summed E-state index contributed by atoms with van der Waals surface area (Å²) in [6.07, 6.45) is 2.70. The average molecular weight is 540 g/mol. The third kappa shape index (κ3) is 7.76. The largest absolute Gasteiger partial charge is 0.497 e. The number of hydrogen-bond acceptors (Lipinski definition) is 6. The molecule has 0 heterocycles. The Labute approximate surface area is 218 Å². The minimum atomic E-state index is -3.92. The Balaban J connectivity index is 2.46. The number of hydrogen-bond donors (Lipinski definition) is 1. The molecule has 0 aliphatic heterocycles. The lowest BCUT2D eigenvalue weighted by Crippen LogP contribution is -2.51. The second-order valence-corrected chi connectivity index (χ2v) is 10.6. The molecular formula is C25H34ClN3O6S. The van der Waals surface area contributed by atoms with Gasteiger partial charge in [-0.2, -0.15) is 0 Å². The van der Waals surface area contributed by atoms with Gasteiger partial charge < -0.3 is 19.7 Å². The Morgan fingerprint density at radius 2 is 1.81 bits per heavy atom. The summed E-state index contributed by atoms with van der Waals surface area (Å²) in [4.78, 5) is 27.8. The Kier molecular flexibility index (Phi) is 10.9. The summed E-state index contributed by atoms with van der Waals surface area (Å²) >= 11 is 6.33. The van der Waals surface area contributed by atoms with Crippen LogP contribution >= 0.6 is 11.6 Å². The van der Waals surface area contributed by atoms with Gasteiger partial charge in [-0.3, -0.25) is 13.9 Å². The normalized spacial score (nSPS) is 11.9. The number of benzene rings is 2. The monoisotopic (exact) mass is 539 g/mol. The third-order valence-corrected chi connectivity index (χ3v) is 7.12. The van der Waals surface area contributed by atoms with Crippen molar-refractivity contribution in [2.24, 2.45) is 0 Å². The highest BCUT2D eigenvalue weighted by atomic mass is 35.5. The minimum Gasteiger partial charge on any atom is -0.497 e. The van der Waals surface area contributed by atoms with Gasteiger partial charge in [-0.15, -0.1) is 0 Å². The van der Waals surface area contributed by atoms with Gasteiger partial charge in [0.05, 0.1) is 26.2 Å². The number of ether oxygens (including phenoxy) is 2. The number of amides is 2. The first-order valence-electron chi connectivity index (χ1n) is 11.5. The van der Waals surface area contributed by atoms with Crippen LogP contribution in [-0.4, -0.2) is 64.7 Å². The van der Waals surface area contributed by atoms with E-state index in [-0.39, 0.29) is 23.9 Å². The Morgan fingerprint density at radius 1 is 1.11 bits per heavy atom. The SMILES string of the molecule is CCCCNC(=O)[C@H](C)N(Cc1ccccc1Cl)C(=O)CN(c1cc(OC)ccc1OC)S(C)(=O)=O. The highest BCUT2D eigenvalue weighted by molar-refractivity contribution is 7.92. The number of carbonyl (C=O) groups excluding carboxylic acids is 2. The van der Waals surface area contributed by atoms with Crippen LogP contribution in [0.25, 0.3) is 0 Å². The van der Waals surface area contributed by atoms with E-state index in [2.05, 4.69) is 5.32 Å². The molecule has 0 saturated heterocycles. The predicted octanol–water partition coefficient (Wildman–Crippen LogP) is 3.46. The van der Waals surface area contributed by atoms with Crippen LogP contribution in [-0.2, 0) is 26.2 Å². The van der Waals surface area contributed by atoms with Gasteiger partial charge in [-0.1, -0.05) is 43.1 Å². The zero-order valence-electron chi connectivity index (χ0n) is 21.3. The number of carbonyl (C=O) groups is 2. The third-order valence-electron chi connectivity index (χ3n) is 5.63. The molecule has 2 aromatic rings. The molecule has 11 heteroatoms. The number of unbranched alkanes of at least 4 members (excludes halogenated alkanes) is 1. The highest BCUT2D eigenvalue weighted by Gasteiger charge is 2.31. The van der Waals surface area contributed by atoms with Crippen LogP contribution in [0.4, 0.5) is 5.69 Å². The fraction of sp³-hybridized carbons (Fsp3) is 0.440. The van der Waals surface area contributed by atoms with Crippen LogP contribution in [0.3, 0.4) is 0 Å². The molecule has 2 amide bonds. The van der Waals surface area contributed by atoms with Crippen LogP contribution in [0, 0.1) is 0 Å². The van der Waals surface area contributed by atoms with Gasteiger partial charge in [0.25, 0.3) is 0 Å². The lowest BCUT2D eigenvalue weighted by atomic mass is 10.1. The van der Waals surface area contributed by atoms with Crippen molar-refractivity contribution in [1.82, 2.24) is 10.2 Å². The summed E-state index contributed by atoms with van der Waals surface area (Å²) in [7, 11) is -1.07. The van der Waals surface area contributed by atoms with E-state index in [1.54, 1.807) is 43.3 Å². The number of anilines is 1. The Morgan fingerprint density at radius 3 is 2.39 bits per heavy atom. The first-order valence-corrected chi connectivity index (χ1v) is 13.8. The number of halogens is 1. The molecule has 0 spiro atoms. The highest BCUT2D eigenvalue weighted by Crippen LogP contribution is 2.34. The maximum absolute atomic E-state index is 13.6. The number of sulfonamides is 1. The molecule has 1 atom stereocenters. The number of nitrogens with zero attached hydrogens (tertiary/aromatic N) is 2. The summed E-state index contributed by atoms with van der Waals surface area (Å²) in [6.45, 7) is 3.56. The average Bonchev–Trinajstić information content (AvgIpc) is 2.85. The molecule has 0 unspecified atom stereocenters. The van der Waals surface area contributed by atoms with E-state index in [9.17, 15) is 18.0 Å². The second kappa shape index (κ2) is 13.4. The smallest absolute Gasteiger partial charge is 0.244 e. The van der Waals surface area contributed by atoms with Crippen LogP contribution in [0.2, 0.25) is 5.02 Å². The molecule has 0 aromatic heterocycles. The molecule has 1 N–H and O–H groups in total. The maximum atomic E-state index is 13.6. The van der Waals surface area contributed by atoms with Gasteiger partial charge in [-0.25, -0.2) is 8.42 Å². The fourth-order valence-electron chi connectivity index (χ4n) is 3.52. The van der Waals surface area contributed by atoms with Crippen molar-refractivity contribution in [2.45, 2.75) is 39.3 Å². The molecule has 0 aliphatic carbocycles. The lowest BCUT2D eigenvalue weighted by Gasteiger charge is -2.32. The van der Waals surface area contributed by atoms with Crippen molar-refractivity contribution < 1.29 is 27.5 Å². The maximum Gasteiger partial charge on any atom is 0.244 e. The van der Waals surface area contributed by atoms with Gasteiger partial charge in [0.15, 0.2) is 0 Å². The van der Waals surface area contributed by atoms with E-state index in [0.29, 0.717) is 22.9 Å². The topological polar surface area (TPSA) is 105 Å². The Hall–Kier alpha value is -2.98. The zero-order chi connectivity index (χ0) is 26.9. The Bertz CT molecular complexity index is 1160. The van der Waals surface area contributed by atoms with Crippen LogP contribution in [0.5, 0.6) is 11.5 Å². The van der Waals surface area contributed by atoms with Gasteiger partial charge in [0.1, 0.15) is 24.1 Å². The van der Waals surface area contributed by atoms with Gasteiger partial charge in [0, 0.05) is 24.2 Å². The second-order valence-electron chi connectivity index (χ2n) is 8.24. The molecule has 0 saturated carbocycles. The summed E-state index contributed by atoms with van der Waals surface area (Å²) in [5.41, 5.74) is 0.774.